The lowest BCUT2D eigenvalue weighted by Gasteiger charge is -2.35. The third-order valence-corrected chi connectivity index (χ3v) is 27.2. The first kappa shape index (κ1) is 88.7. The van der Waals surface area contributed by atoms with Crippen molar-refractivity contribution in [2.24, 2.45) is 0 Å². The Morgan fingerprint density at radius 2 is 0.469 bits per heavy atom. The van der Waals surface area contributed by atoms with E-state index in [1.807, 2.05) is 274 Å². The van der Waals surface area contributed by atoms with E-state index in [0.717, 1.165) is 79.8 Å². The van der Waals surface area contributed by atoms with Crippen LogP contribution in [0, 0.1) is 58.2 Å². The van der Waals surface area contributed by atoms with E-state index in [1.54, 1.807) is 121 Å². The van der Waals surface area contributed by atoms with Crippen molar-refractivity contribution in [1.82, 2.24) is 0 Å². The molecule has 2 atom stereocenters. The van der Waals surface area contributed by atoms with Crippen LogP contribution in [-0.4, -0.2) is 0 Å². The van der Waals surface area contributed by atoms with Gasteiger partial charge in [0.1, 0.15) is 69.1 Å². The highest BCUT2D eigenvalue weighted by Crippen LogP contribution is 2.62. The van der Waals surface area contributed by atoms with E-state index in [-0.39, 0.29) is 0 Å². The van der Waals surface area contributed by atoms with Crippen molar-refractivity contribution in [3.63, 3.8) is 0 Å². The Balaban J connectivity index is 0.542. The molecule has 0 spiro atoms. The molecule has 2 unspecified atom stereocenters. The van der Waals surface area contributed by atoms with Crippen LogP contribution in [0.2, 0.25) is 0 Å². The second-order valence-electron chi connectivity index (χ2n) is 35.2. The fourth-order valence-corrected chi connectivity index (χ4v) is 20.6. The number of anilines is 12. The van der Waals surface area contributed by atoms with Gasteiger partial charge in [-0.2, -0.15) is 0 Å². The van der Waals surface area contributed by atoms with Crippen LogP contribution >= 0.6 is 0 Å². The number of hydrogen-bond acceptors (Lipinski definition) is 7. The van der Waals surface area contributed by atoms with E-state index in [1.165, 1.54) is 48.5 Å². The van der Waals surface area contributed by atoms with E-state index in [2.05, 4.69) is 13.2 Å². The minimum Gasteiger partial charge on any atom is -0.457 e. The molecular formula is C126H78F10N4O3. The van der Waals surface area contributed by atoms with Gasteiger partial charge >= 0.3 is 0 Å². The highest BCUT2D eigenvalue weighted by Gasteiger charge is 2.52. The maximum atomic E-state index is 17.2. The molecule has 0 saturated carbocycles. The van der Waals surface area contributed by atoms with Crippen LogP contribution < -0.4 is 29.1 Å². The average Bonchev–Trinajstić information content (AvgIpc) is 1.53. The standard InChI is InChI=1S/C126H78F10N4O3/c1-3-77-13-57-101(58-14-77)141-103-61-25-83(26-62-103)125(121-115(131)69-71-117(133)123(121)135)111-11-7-5-9-105(111)107-65-53-97(73-113(107)125)137(93-45-29-85(127)30-46-93)89-37-17-79(18-38-89)81-21-41-91(42-22-81)139(95-49-33-87(129)34-50-95)99-55-67-109-110-68-56-100(76-120(110)143-119(109)75-99)140(96-51-35-88(130)36-52-96)92-43-23-82(24-44-92)80-19-39-90(40-20-80)138(94-47-31-86(128)32-48-94)98-54-66-108-106-10-6-8-12-112(106)126(114(108)74-98,122-116(132)70-72-118(134)124(122)136)84-27-63-104(64-28-84)142-102-59-15-78(4-2)16-60-102/h3-76H,1-2H2. The van der Waals surface area contributed by atoms with Crippen LogP contribution in [0.15, 0.2) is 454 Å². The minimum atomic E-state index is -1.78. The Morgan fingerprint density at radius 1 is 0.224 bits per heavy atom. The summed E-state index contributed by atoms with van der Waals surface area (Å²) in [6, 6.07) is 126. The van der Waals surface area contributed by atoms with Gasteiger partial charge in [0.2, 0.25) is 0 Å². The summed E-state index contributed by atoms with van der Waals surface area (Å²) in [7, 11) is 0. The van der Waals surface area contributed by atoms with Crippen LogP contribution in [0.25, 0.3) is 78.6 Å². The molecule has 0 N–H and O–H groups in total. The minimum absolute atomic E-state index is 0.417. The number of hydrogen-bond donors (Lipinski definition) is 0. The molecule has 23 rings (SSSR count). The van der Waals surface area contributed by atoms with Gasteiger partial charge < -0.3 is 33.5 Å². The molecule has 0 aliphatic heterocycles. The number of furan rings is 1. The summed E-state index contributed by atoms with van der Waals surface area (Å²) in [5.74, 6) is -6.81. The highest BCUT2D eigenvalue weighted by atomic mass is 19.2. The zero-order chi connectivity index (χ0) is 97.5. The number of nitrogens with zero attached hydrogens (tertiary/aromatic N) is 4. The summed E-state index contributed by atoms with van der Waals surface area (Å²) < 4.78 is 180. The molecule has 1 aromatic heterocycles. The highest BCUT2D eigenvalue weighted by molar-refractivity contribution is 6.08. The third-order valence-electron chi connectivity index (χ3n) is 27.2. The molecule has 1 heterocycles. The second-order valence-corrected chi connectivity index (χ2v) is 35.2. The van der Waals surface area contributed by atoms with Gasteiger partial charge in [-0.15, -0.1) is 0 Å². The number of ether oxygens (including phenoxy) is 2. The molecule has 2 aliphatic rings. The van der Waals surface area contributed by atoms with Crippen molar-refractivity contribution in [3.05, 3.63) is 564 Å². The van der Waals surface area contributed by atoms with Crippen LogP contribution in [0.4, 0.5) is 112 Å². The lowest BCUT2D eigenvalue weighted by atomic mass is 9.67. The largest absolute Gasteiger partial charge is 0.457 e. The third kappa shape index (κ3) is 15.7. The predicted octanol–water partition coefficient (Wildman–Crippen LogP) is 35.8. The van der Waals surface area contributed by atoms with Crippen molar-refractivity contribution in [2.45, 2.75) is 10.8 Å². The first-order valence-electron chi connectivity index (χ1n) is 46.2. The summed E-state index contributed by atoms with van der Waals surface area (Å²) in [6.45, 7) is 7.69. The number of benzene rings is 20. The Morgan fingerprint density at radius 3 is 0.762 bits per heavy atom. The van der Waals surface area contributed by atoms with Gasteiger partial charge in [0.25, 0.3) is 0 Å². The quantitative estimate of drug-likeness (QED) is 0.0441. The molecule has 0 amide bonds. The molecule has 21 aromatic rings. The van der Waals surface area contributed by atoms with Gasteiger partial charge in [-0.1, -0.05) is 183 Å². The molecule has 0 saturated heterocycles. The average molecular weight is 1890 g/mol. The predicted molar refractivity (Wildman–Crippen MR) is 551 cm³/mol. The number of halogens is 10. The summed E-state index contributed by atoms with van der Waals surface area (Å²) in [5.41, 5.74) is 15.0. The Labute approximate surface area is 816 Å². The van der Waals surface area contributed by atoms with E-state index < -0.39 is 80.1 Å². The van der Waals surface area contributed by atoms with Crippen molar-refractivity contribution < 1.29 is 57.8 Å². The van der Waals surface area contributed by atoms with E-state index in [9.17, 15) is 8.78 Å². The maximum absolute atomic E-state index is 17.2. The molecule has 2 aliphatic carbocycles. The molecular weight excluding hydrogens is 1810 g/mol. The Hall–Kier alpha value is -18.2. The summed E-state index contributed by atoms with van der Waals surface area (Å²) in [5, 5.41) is 1.65. The van der Waals surface area contributed by atoms with E-state index >= 15 is 35.1 Å². The summed E-state index contributed by atoms with van der Waals surface area (Å²) >= 11 is 0. The number of fused-ring (bicyclic) bond motifs is 9. The van der Waals surface area contributed by atoms with Gasteiger partial charge in [-0.25, -0.2) is 43.9 Å². The molecule has 20 aromatic carbocycles. The lowest BCUT2D eigenvalue weighted by molar-refractivity contribution is 0.463. The number of rotatable bonds is 24. The van der Waals surface area contributed by atoms with Crippen LogP contribution in [0.3, 0.4) is 0 Å². The first-order valence-corrected chi connectivity index (χ1v) is 46.2. The normalized spacial score (nSPS) is 13.8. The molecule has 143 heavy (non-hydrogen) atoms. The van der Waals surface area contributed by atoms with Crippen molar-refractivity contribution >= 4 is 102 Å². The molecule has 0 bridgehead atoms. The van der Waals surface area contributed by atoms with Gasteiger partial charge in [0.15, 0.2) is 23.3 Å². The van der Waals surface area contributed by atoms with Crippen LogP contribution in [0.5, 0.6) is 23.0 Å². The van der Waals surface area contributed by atoms with Crippen LogP contribution in [0.1, 0.15) is 55.6 Å². The molecule has 690 valence electrons. The Bertz CT molecular complexity index is 8010. The zero-order valence-electron chi connectivity index (χ0n) is 75.9. The van der Waals surface area contributed by atoms with Crippen LogP contribution in [-0.2, 0) is 10.8 Å². The monoisotopic (exact) mass is 1880 g/mol. The fourth-order valence-electron chi connectivity index (χ4n) is 20.6. The lowest BCUT2D eigenvalue weighted by Crippen LogP contribution is -2.32. The van der Waals surface area contributed by atoms with Gasteiger partial charge in [0, 0.05) is 102 Å². The fraction of sp³-hybridized carbons (Fsp3) is 0.0159. The molecule has 0 radical (unpaired) electrons. The smallest absolute Gasteiger partial charge is 0.166 e. The molecule has 0 fully saturated rings. The van der Waals surface area contributed by atoms with Gasteiger partial charge in [-0.3, -0.25) is 0 Å². The Kier molecular flexibility index (Phi) is 22.5. The molecule has 7 nitrogen and oxygen atoms in total. The SMILES string of the molecule is C=Cc1ccc(Oc2ccc(C3(c4c(F)ccc(F)c4F)c4ccccc4-c4ccc(N(c5ccc(F)cc5)c5ccc(-c6ccc(N(c7ccc(F)cc7)c7ccc8c(c7)oc7cc(N(c9ccc(F)cc9)c9ccc(-c%10ccc(N(c%11ccc(F)cc%11)c%11ccc%12c(c%11)C(c%11ccc(Oc%13ccc(C=C)cc%13)cc%11)(c%11c(F)ccc(F)c%11F)c%11ccccc%11-%12)cc%10)cc9)ccc78)cc6)cc5)cc43)cc2)cc1. The summed E-state index contributed by atoms with van der Waals surface area (Å²) in [4.78, 5) is 7.87. The van der Waals surface area contributed by atoms with Crippen molar-refractivity contribution in [3.8, 4) is 67.5 Å². The van der Waals surface area contributed by atoms with E-state index in [4.69, 9.17) is 13.9 Å². The van der Waals surface area contributed by atoms with Gasteiger partial charge in [0.05, 0.1) is 10.8 Å². The topological polar surface area (TPSA) is 44.6 Å². The maximum Gasteiger partial charge on any atom is 0.166 e. The zero-order valence-corrected chi connectivity index (χ0v) is 75.9. The van der Waals surface area contributed by atoms with E-state index in [0.29, 0.717) is 147 Å². The summed E-state index contributed by atoms with van der Waals surface area (Å²) in [6.07, 6.45) is 3.45. The van der Waals surface area contributed by atoms with Crippen molar-refractivity contribution in [2.75, 3.05) is 19.6 Å². The first-order chi connectivity index (χ1) is 69.8. The molecule has 17 heteroatoms. The second kappa shape index (κ2) is 36.3. The van der Waals surface area contributed by atoms with Crippen molar-refractivity contribution in [1.29, 1.82) is 0 Å². The van der Waals surface area contributed by atoms with Gasteiger partial charge in [-0.05, 0) is 356 Å².